The van der Waals surface area contributed by atoms with Gasteiger partial charge in [0.15, 0.2) is 0 Å². The molecular weight excluding hydrogens is 342 g/mol. The minimum atomic E-state index is -3.34. The summed E-state index contributed by atoms with van der Waals surface area (Å²) in [7, 11) is -3.34. The summed E-state index contributed by atoms with van der Waals surface area (Å²) in [6.45, 7) is 2.80. The van der Waals surface area contributed by atoms with Crippen LogP contribution < -0.4 is 4.72 Å². The number of nitrogens with one attached hydrogen (secondary N) is 1. The predicted octanol–water partition coefficient (Wildman–Crippen LogP) is 3.04. The van der Waals surface area contributed by atoms with Gasteiger partial charge in [-0.05, 0) is 30.0 Å². The molecule has 0 atom stereocenters. The molecule has 2 aromatic heterocycles. The van der Waals surface area contributed by atoms with Crippen molar-refractivity contribution in [1.82, 2.24) is 14.5 Å². The molecule has 0 radical (unpaired) electrons. The van der Waals surface area contributed by atoms with Crippen LogP contribution in [0.2, 0.25) is 0 Å². The summed E-state index contributed by atoms with van der Waals surface area (Å²) in [5, 5.41) is 6.56. The van der Waals surface area contributed by atoms with Crippen molar-refractivity contribution >= 4 is 21.4 Å². The molecule has 5 nitrogen and oxygen atoms in total. The molecule has 0 saturated carbocycles. The lowest BCUT2D eigenvalue weighted by atomic mass is 10.2. The van der Waals surface area contributed by atoms with Gasteiger partial charge < -0.3 is 0 Å². The molecule has 0 fully saturated rings. The number of benzene rings is 1. The number of aryl methyl sites for hydroxylation is 1. The third-order valence-corrected chi connectivity index (χ3v) is 5.85. The highest BCUT2D eigenvalue weighted by molar-refractivity contribution is 7.88. The first-order valence-corrected chi connectivity index (χ1v) is 10.2. The number of rotatable bonds is 7. The zero-order chi connectivity index (χ0) is 17.0. The molecule has 0 aliphatic carbocycles. The quantitative estimate of drug-likeness (QED) is 0.703. The van der Waals surface area contributed by atoms with Crippen LogP contribution >= 0.6 is 11.3 Å². The van der Waals surface area contributed by atoms with Crippen LogP contribution in [0.25, 0.3) is 10.6 Å². The zero-order valence-corrected chi connectivity index (χ0v) is 15.0. The van der Waals surface area contributed by atoms with Crippen molar-refractivity contribution in [2.75, 3.05) is 6.54 Å². The molecule has 0 aliphatic rings. The van der Waals surface area contributed by atoms with Crippen LogP contribution in [0, 0.1) is 6.92 Å². The molecule has 7 heteroatoms. The Morgan fingerprint density at radius 1 is 1.17 bits per heavy atom. The summed E-state index contributed by atoms with van der Waals surface area (Å²) in [5.41, 5.74) is 2.72. The number of nitrogens with zero attached hydrogens (tertiary/aromatic N) is 2. The van der Waals surface area contributed by atoms with Gasteiger partial charge in [0.05, 0.1) is 17.2 Å². The second-order valence-corrected chi connectivity index (χ2v) is 8.26. The number of thiophene rings is 1. The molecule has 0 unspecified atom stereocenters. The van der Waals surface area contributed by atoms with Crippen molar-refractivity contribution in [3.63, 3.8) is 0 Å². The smallest absolute Gasteiger partial charge is 0.215 e. The van der Waals surface area contributed by atoms with E-state index in [0.29, 0.717) is 13.1 Å². The molecule has 0 spiro atoms. The fourth-order valence-electron chi connectivity index (χ4n) is 2.43. The summed E-state index contributed by atoms with van der Waals surface area (Å²) >= 11 is 1.64. The molecular formula is C17H19N3O2S2. The molecule has 2 heterocycles. The summed E-state index contributed by atoms with van der Waals surface area (Å²) in [6, 6.07) is 15.2. The highest BCUT2D eigenvalue weighted by Crippen LogP contribution is 2.23. The molecule has 3 aromatic rings. The maximum Gasteiger partial charge on any atom is 0.215 e. The third-order valence-electron chi connectivity index (χ3n) is 3.60. The van der Waals surface area contributed by atoms with Crippen LogP contribution in [0.1, 0.15) is 11.3 Å². The zero-order valence-electron chi connectivity index (χ0n) is 13.3. The van der Waals surface area contributed by atoms with Crippen molar-refractivity contribution in [2.24, 2.45) is 0 Å². The second-order valence-electron chi connectivity index (χ2n) is 5.51. The lowest BCUT2D eigenvalue weighted by Crippen LogP contribution is -2.29. The summed E-state index contributed by atoms with van der Waals surface area (Å²) in [4.78, 5) is 1.11. The average Bonchev–Trinajstić information content (AvgIpc) is 3.18. The van der Waals surface area contributed by atoms with Gasteiger partial charge in [-0.3, -0.25) is 4.68 Å². The molecule has 24 heavy (non-hydrogen) atoms. The van der Waals surface area contributed by atoms with Gasteiger partial charge in [-0.25, -0.2) is 13.1 Å². The van der Waals surface area contributed by atoms with Crippen LogP contribution in [-0.4, -0.2) is 24.7 Å². The number of aromatic nitrogens is 2. The summed E-state index contributed by atoms with van der Waals surface area (Å²) in [5.74, 6) is -0.00756. The lowest BCUT2D eigenvalue weighted by Gasteiger charge is -2.08. The van der Waals surface area contributed by atoms with Gasteiger partial charge in [-0.2, -0.15) is 5.10 Å². The minimum Gasteiger partial charge on any atom is -0.268 e. The highest BCUT2D eigenvalue weighted by atomic mass is 32.2. The van der Waals surface area contributed by atoms with Crippen molar-refractivity contribution in [3.05, 3.63) is 65.2 Å². The Morgan fingerprint density at radius 3 is 2.67 bits per heavy atom. The largest absolute Gasteiger partial charge is 0.268 e. The van der Waals surface area contributed by atoms with Crippen LogP contribution in [0.3, 0.4) is 0 Å². The Balaban J connectivity index is 1.58. The monoisotopic (exact) mass is 361 g/mol. The number of sulfonamides is 1. The van der Waals surface area contributed by atoms with Crippen LogP contribution in [0.15, 0.2) is 53.9 Å². The summed E-state index contributed by atoms with van der Waals surface area (Å²) in [6.07, 6.45) is 0. The Bertz CT molecular complexity index is 885. The van der Waals surface area contributed by atoms with Crippen LogP contribution in [0.5, 0.6) is 0 Å². The topological polar surface area (TPSA) is 64.0 Å². The van der Waals surface area contributed by atoms with E-state index in [1.165, 1.54) is 0 Å². The molecule has 0 bridgehead atoms. The van der Waals surface area contributed by atoms with Crippen molar-refractivity contribution in [2.45, 2.75) is 19.2 Å². The molecule has 0 amide bonds. The molecule has 1 N–H and O–H groups in total. The Kier molecular flexibility index (Phi) is 5.13. The maximum atomic E-state index is 12.1. The predicted molar refractivity (Wildman–Crippen MR) is 97.3 cm³/mol. The van der Waals surface area contributed by atoms with Gasteiger partial charge in [-0.1, -0.05) is 36.4 Å². The first kappa shape index (κ1) is 16.9. The van der Waals surface area contributed by atoms with Gasteiger partial charge in [0, 0.05) is 12.2 Å². The number of hydrogen-bond acceptors (Lipinski definition) is 4. The van der Waals surface area contributed by atoms with Gasteiger partial charge in [0.25, 0.3) is 0 Å². The van der Waals surface area contributed by atoms with E-state index in [9.17, 15) is 8.42 Å². The van der Waals surface area contributed by atoms with E-state index >= 15 is 0 Å². The minimum absolute atomic E-state index is 0.00756. The maximum absolute atomic E-state index is 12.1. The standard InChI is InChI=1S/C17H19N3O2S2/c1-14-12-16(17-8-5-11-23-17)19-20(14)10-9-18-24(21,22)13-15-6-3-2-4-7-15/h2-8,11-12,18H,9-10,13H2,1H3. The SMILES string of the molecule is Cc1cc(-c2cccs2)nn1CCNS(=O)(=O)Cc1ccccc1. The average molecular weight is 361 g/mol. The van der Waals surface area contributed by atoms with E-state index in [2.05, 4.69) is 9.82 Å². The number of hydrogen-bond donors (Lipinski definition) is 1. The lowest BCUT2D eigenvalue weighted by molar-refractivity contribution is 0.556. The molecule has 3 rings (SSSR count). The second kappa shape index (κ2) is 7.29. The van der Waals surface area contributed by atoms with E-state index in [-0.39, 0.29) is 5.75 Å². The first-order chi connectivity index (χ1) is 11.5. The van der Waals surface area contributed by atoms with E-state index in [0.717, 1.165) is 21.8 Å². The Hall–Kier alpha value is -1.96. The van der Waals surface area contributed by atoms with Crippen molar-refractivity contribution in [1.29, 1.82) is 0 Å². The first-order valence-electron chi connectivity index (χ1n) is 7.63. The summed E-state index contributed by atoms with van der Waals surface area (Å²) < 4.78 is 28.7. The normalized spacial score (nSPS) is 11.7. The van der Waals surface area contributed by atoms with Crippen molar-refractivity contribution in [3.8, 4) is 10.6 Å². The molecule has 126 valence electrons. The fourth-order valence-corrected chi connectivity index (χ4v) is 4.25. The van der Waals surface area contributed by atoms with Gasteiger partial charge >= 0.3 is 0 Å². The van der Waals surface area contributed by atoms with E-state index in [1.54, 1.807) is 11.3 Å². The molecule has 0 saturated heterocycles. The molecule has 0 aliphatic heterocycles. The van der Waals surface area contributed by atoms with E-state index in [4.69, 9.17) is 0 Å². The van der Waals surface area contributed by atoms with Gasteiger partial charge in [0.2, 0.25) is 10.0 Å². The van der Waals surface area contributed by atoms with Gasteiger partial charge in [-0.15, -0.1) is 11.3 Å². The van der Waals surface area contributed by atoms with E-state index in [1.807, 2.05) is 65.5 Å². The van der Waals surface area contributed by atoms with Gasteiger partial charge in [0.1, 0.15) is 5.69 Å². The van der Waals surface area contributed by atoms with Crippen molar-refractivity contribution < 1.29 is 8.42 Å². The van der Waals surface area contributed by atoms with Crippen LogP contribution in [0.4, 0.5) is 0 Å². The Morgan fingerprint density at radius 2 is 1.96 bits per heavy atom. The molecule has 1 aromatic carbocycles. The van der Waals surface area contributed by atoms with E-state index < -0.39 is 10.0 Å². The third kappa shape index (κ3) is 4.31. The Labute approximate surface area is 146 Å². The highest BCUT2D eigenvalue weighted by Gasteiger charge is 2.12. The van der Waals surface area contributed by atoms with Crippen LogP contribution in [-0.2, 0) is 22.3 Å². The fraction of sp³-hybridized carbons (Fsp3) is 0.235.